The maximum atomic E-state index is 11.8. The van der Waals surface area contributed by atoms with Gasteiger partial charge in [0.25, 0.3) is 11.1 Å². The number of aryl methyl sites for hydroxylation is 2. The Balaban J connectivity index is -0.000000495. The zero-order valence-electron chi connectivity index (χ0n) is 25.2. The largest absolute Gasteiger partial charge is 1.00 e. The van der Waals surface area contributed by atoms with Crippen LogP contribution in [0.2, 0.25) is 51.4 Å². The van der Waals surface area contributed by atoms with Crippen LogP contribution < -0.4 is 40.7 Å². The zero-order valence-corrected chi connectivity index (χ0v) is 29.0. The summed E-state index contributed by atoms with van der Waals surface area (Å²) in [6, 6.07) is 2.65. The van der Waals surface area contributed by atoms with E-state index in [-0.39, 0.29) is 48.8 Å². The van der Waals surface area contributed by atoms with Crippen molar-refractivity contribution >= 4 is 27.7 Å². The minimum absolute atomic E-state index is 0. The summed E-state index contributed by atoms with van der Waals surface area (Å²) in [7, 11) is -1.94. The Labute approximate surface area is 247 Å². The molecule has 2 aromatic rings. The Morgan fingerprint density at radius 2 is 1.39 bits per heavy atom. The Kier molecular flexibility index (Phi) is 19.4. The van der Waals surface area contributed by atoms with E-state index in [1.807, 2.05) is 20.8 Å². The summed E-state index contributed by atoms with van der Waals surface area (Å²) < 4.78 is 11.9. The first-order valence-corrected chi connectivity index (χ1v) is 19.8. The van der Waals surface area contributed by atoms with Gasteiger partial charge in [-0.15, -0.1) is 0 Å². The van der Waals surface area contributed by atoms with E-state index in [0.717, 1.165) is 34.9 Å². The van der Waals surface area contributed by atoms with Crippen molar-refractivity contribution in [2.75, 3.05) is 19.3 Å². The fourth-order valence-corrected chi connectivity index (χ4v) is 3.89. The average molecular weight is 569 g/mol. The van der Waals surface area contributed by atoms with Gasteiger partial charge >= 0.3 is 29.6 Å². The van der Waals surface area contributed by atoms with Gasteiger partial charge in [-0.2, -0.15) is 10.2 Å². The van der Waals surface area contributed by atoms with Gasteiger partial charge in [0.1, 0.15) is 12.8 Å². The van der Waals surface area contributed by atoms with Crippen LogP contribution >= 0.6 is 11.6 Å². The molecule has 2 rings (SSSR count). The third-order valence-corrected chi connectivity index (χ3v) is 8.74. The maximum Gasteiger partial charge on any atom is 1.00 e. The van der Waals surface area contributed by atoms with Crippen LogP contribution in [0.4, 0.5) is 0 Å². The molecule has 0 fully saturated rings. The van der Waals surface area contributed by atoms with Crippen molar-refractivity contribution < 1.29 is 40.5 Å². The number of hydrogen-bond acceptors (Lipinski definition) is 6. The maximum absolute atomic E-state index is 11.8. The molecule has 0 aliphatic rings. The summed E-state index contributed by atoms with van der Waals surface area (Å²) >= 11 is 5.32. The van der Waals surface area contributed by atoms with Gasteiger partial charge in [0, 0.05) is 40.5 Å². The molecule has 0 aliphatic heterocycles. The van der Waals surface area contributed by atoms with E-state index in [0.29, 0.717) is 12.7 Å². The van der Waals surface area contributed by atoms with Gasteiger partial charge in [0.2, 0.25) is 0 Å². The molecule has 1 N–H and O–H groups in total. The molecule has 0 amide bonds. The molecule has 0 aromatic carbocycles. The molecular formula is C24H46ClN4NaO4Si2. The second-order valence-corrected chi connectivity index (χ2v) is 22.4. The van der Waals surface area contributed by atoms with E-state index in [4.69, 9.17) is 21.1 Å². The Morgan fingerprint density at radius 3 is 1.83 bits per heavy atom. The van der Waals surface area contributed by atoms with Gasteiger partial charge in [-0.3, -0.25) is 9.59 Å². The van der Waals surface area contributed by atoms with Crippen LogP contribution in [0.25, 0.3) is 0 Å². The van der Waals surface area contributed by atoms with Crippen LogP contribution in [0.5, 0.6) is 0 Å². The molecule has 0 atom stereocenters. The number of ether oxygens (including phenoxy) is 2. The van der Waals surface area contributed by atoms with Gasteiger partial charge in [-0.1, -0.05) is 50.9 Å². The standard InChI is InChI=1S/C12H22N2O2Si.C6H15ClOSi.C6H8N2O.Na.H/c1-10-8-13-14(12(15)11(10)2)9-16-6-7-17(3,4)5;1-9(2,3)5-4-8-6-7;1-4-3-7-8-6(9)5(4)2;;/h8H,6-7,9H2,1-5H3;4-6H2,1-3H3;3H,1-2H3,(H,8,9);;/q;;;+1;-1. The number of aromatic nitrogens is 4. The summed E-state index contributed by atoms with van der Waals surface area (Å²) in [5, 5.41) is 10.0. The van der Waals surface area contributed by atoms with Crippen LogP contribution in [0.3, 0.4) is 0 Å². The zero-order chi connectivity index (χ0) is 27.2. The van der Waals surface area contributed by atoms with Crippen LogP contribution in [0.15, 0.2) is 22.0 Å². The molecule has 0 bridgehead atoms. The van der Waals surface area contributed by atoms with E-state index in [1.165, 1.54) is 10.7 Å². The third-order valence-electron chi connectivity index (χ3n) is 5.18. The predicted molar refractivity (Wildman–Crippen MR) is 152 cm³/mol. The monoisotopic (exact) mass is 568 g/mol. The number of rotatable bonds is 9. The minimum atomic E-state index is -1.06. The molecule has 0 radical (unpaired) electrons. The summed E-state index contributed by atoms with van der Waals surface area (Å²) in [5.74, 6) is 0. The molecule has 36 heavy (non-hydrogen) atoms. The number of aromatic amines is 1. The van der Waals surface area contributed by atoms with Crippen molar-refractivity contribution in [2.45, 2.75) is 85.8 Å². The predicted octanol–water partition coefficient (Wildman–Crippen LogP) is 2.21. The second-order valence-electron chi connectivity index (χ2n) is 10.9. The van der Waals surface area contributed by atoms with Crippen molar-refractivity contribution in [3.05, 3.63) is 55.4 Å². The normalized spacial score (nSPS) is 11.0. The van der Waals surface area contributed by atoms with Crippen LogP contribution in [0, 0.1) is 27.7 Å². The SMILES string of the molecule is C[Si](C)(C)CCOCCl.Cc1cn[nH]c(=O)c1C.Cc1cnn(COCC[Si](C)(C)C)c(=O)c1C.[H-].[Na+]. The molecular weight excluding hydrogens is 523 g/mol. The van der Waals surface area contributed by atoms with Crippen molar-refractivity contribution in [1.82, 2.24) is 20.0 Å². The first-order valence-electron chi connectivity index (χ1n) is 11.8. The third kappa shape index (κ3) is 17.8. The summed E-state index contributed by atoms with van der Waals surface area (Å²) in [6.45, 7) is 23.0. The van der Waals surface area contributed by atoms with Gasteiger partial charge in [0.15, 0.2) is 0 Å². The van der Waals surface area contributed by atoms with Crippen LogP contribution in [0.1, 0.15) is 23.7 Å². The van der Waals surface area contributed by atoms with Crippen molar-refractivity contribution in [1.29, 1.82) is 0 Å². The van der Waals surface area contributed by atoms with E-state index >= 15 is 0 Å². The molecule has 0 aliphatic carbocycles. The van der Waals surface area contributed by atoms with E-state index < -0.39 is 16.1 Å². The Hall–Kier alpha value is -0.596. The summed E-state index contributed by atoms with van der Waals surface area (Å²) in [5.41, 5.74) is 3.18. The number of H-pyrrole nitrogens is 1. The second kappa shape index (κ2) is 18.6. The number of nitrogens with one attached hydrogen (secondary N) is 1. The first kappa shape index (κ1) is 37.6. The van der Waals surface area contributed by atoms with Crippen LogP contribution in [-0.4, -0.2) is 55.4 Å². The van der Waals surface area contributed by atoms with E-state index in [1.54, 1.807) is 19.3 Å². The number of nitrogens with zero attached hydrogens (tertiary/aromatic N) is 3. The van der Waals surface area contributed by atoms with Crippen molar-refractivity contribution in [3.8, 4) is 0 Å². The number of halogens is 1. The van der Waals surface area contributed by atoms with Gasteiger partial charge in [-0.05, 0) is 50.9 Å². The quantitative estimate of drug-likeness (QED) is 0.283. The van der Waals surface area contributed by atoms with E-state index in [9.17, 15) is 9.59 Å². The molecule has 0 unspecified atom stereocenters. The van der Waals surface area contributed by atoms with E-state index in [2.05, 4.69) is 54.6 Å². The van der Waals surface area contributed by atoms with Crippen molar-refractivity contribution in [2.24, 2.45) is 0 Å². The molecule has 2 aromatic heterocycles. The Bertz CT molecular complexity index is 1010. The molecule has 0 saturated carbocycles. The topological polar surface area (TPSA) is 99.1 Å². The molecule has 8 nitrogen and oxygen atoms in total. The van der Waals surface area contributed by atoms with Gasteiger partial charge < -0.3 is 10.9 Å². The van der Waals surface area contributed by atoms with Crippen LogP contribution in [-0.2, 0) is 16.2 Å². The molecule has 0 spiro atoms. The smallest absolute Gasteiger partial charge is 1.00 e. The molecule has 202 valence electrons. The molecule has 12 heteroatoms. The number of hydrogen-bond donors (Lipinski definition) is 1. The van der Waals surface area contributed by atoms with Gasteiger partial charge in [-0.25, -0.2) is 9.78 Å². The average Bonchev–Trinajstić information content (AvgIpc) is 2.74. The Morgan fingerprint density at radius 1 is 0.889 bits per heavy atom. The fraction of sp³-hybridized carbons (Fsp3) is 0.667. The first-order chi connectivity index (χ1) is 16.1. The summed E-state index contributed by atoms with van der Waals surface area (Å²) in [6.07, 6.45) is 3.34. The molecule has 0 saturated heterocycles. The fourth-order valence-electron chi connectivity index (χ4n) is 2.27. The molecule has 2 heterocycles. The minimum Gasteiger partial charge on any atom is -1.00 e. The summed E-state index contributed by atoms with van der Waals surface area (Å²) in [4.78, 5) is 22.5. The van der Waals surface area contributed by atoms with Gasteiger partial charge in [0.05, 0.1) is 12.4 Å². The number of alkyl halides is 1. The van der Waals surface area contributed by atoms with Crippen molar-refractivity contribution in [3.63, 3.8) is 0 Å².